The number of hydrogen-bond acceptors (Lipinski definition) is 6. The van der Waals surface area contributed by atoms with Crippen molar-refractivity contribution in [2.24, 2.45) is 0 Å². The quantitative estimate of drug-likeness (QED) is 0.454. The lowest BCUT2D eigenvalue weighted by atomic mass is 9.96. The van der Waals surface area contributed by atoms with Crippen molar-refractivity contribution >= 4 is 0 Å². The molecule has 2 fully saturated rings. The standard InChI is InChI=1S/2C6H11NO2.H2N2/c2*8-7(9)6-4-2-1-3-5-6;1-2/h2*6H,1-5H2;1-2H. The monoisotopic (exact) mass is 288 g/mol. The molecule has 0 amide bonds. The van der Waals surface area contributed by atoms with Gasteiger partial charge in [-0.25, -0.2) is 11.1 Å². The third kappa shape index (κ3) is 7.75. The first-order valence-corrected chi connectivity index (χ1v) is 7.13. The molecule has 2 aliphatic carbocycles. The van der Waals surface area contributed by atoms with E-state index in [1.54, 1.807) is 0 Å². The fraction of sp³-hybridized carbons (Fsp3) is 1.00. The van der Waals surface area contributed by atoms with Crippen LogP contribution in [0.4, 0.5) is 0 Å². The molecule has 2 N–H and O–H groups in total. The molecule has 0 aromatic carbocycles. The van der Waals surface area contributed by atoms with Crippen molar-refractivity contribution < 1.29 is 9.85 Å². The summed E-state index contributed by atoms with van der Waals surface area (Å²) in [4.78, 5) is 20.0. The van der Waals surface area contributed by atoms with E-state index in [1.807, 2.05) is 0 Å². The van der Waals surface area contributed by atoms with Crippen LogP contribution in [0.2, 0.25) is 0 Å². The molecule has 2 rings (SSSR count). The largest absolute Gasteiger partial charge is 0.264 e. The Labute approximate surface area is 118 Å². The minimum atomic E-state index is -0.223. The predicted octanol–water partition coefficient (Wildman–Crippen LogP) is 3.79. The van der Waals surface area contributed by atoms with E-state index in [1.165, 1.54) is 12.8 Å². The van der Waals surface area contributed by atoms with E-state index in [-0.39, 0.29) is 21.9 Å². The molecule has 20 heavy (non-hydrogen) atoms. The van der Waals surface area contributed by atoms with Crippen LogP contribution in [0.25, 0.3) is 0 Å². The Bertz CT molecular complexity index is 261. The van der Waals surface area contributed by atoms with Gasteiger partial charge in [0.15, 0.2) is 0 Å². The molecular weight excluding hydrogens is 264 g/mol. The van der Waals surface area contributed by atoms with Gasteiger partial charge in [-0.2, -0.15) is 0 Å². The van der Waals surface area contributed by atoms with Crippen molar-refractivity contribution in [1.29, 1.82) is 11.1 Å². The van der Waals surface area contributed by atoms with Gasteiger partial charge in [0.2, 0.25) is 12.1 Å². The van der Waals surface area contributed by atoms with Gasteiger partial charge in [0.1, 0.15) is 0 Å². The van der Waals surface area contributed by atoms with Crippen molar-refractivity contribution in [1.82, 2.24) is 0 Å². The van der Waals surface area contributed by atoms with E-state index >= 15 is 0 Å². The van der Waals surface area contributed by atoms with Crippen LogP contribution >= 0.6 is 0 Å². The summed E-state index contributed by atoms with van der Waals surface area (Å²) in [5.74, 6) is 0. The van der Waals surface area contributed by atoms with E-state index in [0.29, 0.717) is 0 Å². The van der Waals surface area contributed by atoms with Crippen LogP contribution in [0.5, 0.6) is 0 Å². The molecule has 0 saturated heterocycles. The molecule has 0 atom stereocenters. The van der Waals surface area contributed by atoms with Crippen molar-refractivity contribution in [3.63, 3.8) is 0 Å². The van der Waals surface area contributed by atoms with Gasteiger partial charge in [-0.3, -0.25) is 20.2 Å². The number of nitrogens with zero attached hydrogens (tertiary/aromatic N) is 2. The number of hydrogen-bond donors (Lipinski definition) is 2. The molecular formula is C12H24N4O4. The molecule has 0 aromatic rings. The molecule has 2 saturated carbocycles. The second-order valence-corrected chi connectivity index (χ2v) is 5.15. The molecule has 8 heteroatoms. The Morgan fingerprint density at radius 3 is 1.05 bits per heavy atom. The van der Waals surface area contributed by atoms with Crippen LogP contribution in [-0.2, 0) is 0 Å². The smallest absolute Gasteiger partial charge is 0.213 e. The first-order chi connectivity index (χ1) is 9.61. The zero-order valence-electron chi connectivity index (χ0n) is 11.8. The maximum Gasteiger partial charge on any atom is 0.213 e. The zero-order chi connectivity index (χ0) is 15.4. The first kappa shape index (κ1) is 18.4. The minimum Gasteiger partial charge on any atom is -0.264 e. The highest BCUT2D eigenvalue weighted by atomic mass is 16.6. The van der Waals surface area contributed by atoms with Gasteiger partial charge in [0, 0.05) is 35.5 Å². The van der Waals surface area contributed by atoms with Gasteiger partial charge in [-0.15, -0.1) is 0 Å². The van der Waals surface area contributed by atoms with E-state index < -0.39 is 0 Å². The van der Waals surface area contributed by atoms with Gasteiger partial charge >= 0.3 is 0 Å². The van der Waals surface area contributed by atoms with Crippen LogP contribution in [-0.4, -0.2) is 21.9 Å². The molecule has 116 valence electrons. The van der Waals surface area contributed by atoms with Crippen molar-refractivity contribution in [2.75, 3.05) is 0 Å². The molecule has 0 unspecified atom stereocenters. The van der Waals surface area contributed by atoms with Gasteiger partial charge in [0.25, 0.3) is 0 Å². The molecule has 0 heterocycles. The van der Waals surface area contributed by atoms with E-state index in [2.05, 4.69) is 0 Å². The maximum absolute atomic E-state index is 10.2. The van der Waals surface area contributed by atoms with Gasteiger partial charge in [0.05, 0.1) is 0 Å². The Kier molecular flexibility index (Phi) is 10.3. The lowest BCUT2D eigenvalue weighted by Gasteiger charge is -2.13. The van der Waals surface area contributed by atoms with Gasteiger partial charge in [-0.1, -0.05) is 12.8 Å². The summed E-state index contributed by atoms with van der Waals surface area (Å²) in [6.45, 7) is 0. The number of nitrogens with one attached hydrogen (secondary N) is 2. The maximum atomic E-state index is 10.2. The Hall–Kier alpha value is -1.60. The Morgan fingerprint density at radius 2 is 0.900 bits per heavy atom. The average molecular weight is 288 g/mol. The van der Waals surface area contributed by atoms with Crippen LogP contribution in [0.3, 0.4) is 0 Å². The second kappa shape index (κ2) is 11.2. The summed E-state index contributed by atoms with van der Waals surface area (Å²) < 4.78 is 0. The first-order valence-electron chi connectivity index (χ1n) is 7.13. The van der Waals surface area contributed by atoms with Crippen LogP contribution in [0, 0.1) is 31.3 Å². The van der Waals surface area contributed by atoms with E-state index in [4.69, 9.17) is 11.1 Å². The summed E-state index contributed by atoms with van der Waals surface area (Å²) in [5.41, 5.74) is 10.0. The lowest BCUT2D eigenvalue weighted by molar-refractivity contribution is -0.526. The molecule has 0 bridgehead atoms. The highest BCUT2D eigenvalue weighted by Gasteiger charge is 2.22. The fourth-order valence-electron chi connectivity index (χ4n) is 2.58. The summed E-state index contributed by atoms with van der Waals surface area (Å²) in [7, 11) is 0. The summed E-state index contributed by atoms with van der Waals surface area (Å²) in [6.07, 6.45) is 9.75. The summed E-state index contributed by atoms with van der Waals surface area (Å²) in [6, 6.07) is -0.447. The highest BCUT2D eigenvalue weighted by Crippen LogP contribution is 2.19. The number of rotatable bonds is 2. The van der Waals surface area contributed by atoms with E-state index in [9.17, 15) is 20.2 Å². The predicted molar refractivity (Wildman–Crippen MR) is 73.2 cm³/mol. The molecule has 2 aliphatic rings. The molecule has 0 spiro atoms. The van der Waals surface area contributed by atoms with Gasteiger partial charge in [-0.05, 0) is 25.7 Å². The molecule has 0 aromatic heterocycles. The second-order valence-electron chi connectivity index (χ2n) is 5.15. The van der Waals surface area contributed by atoms with Gasteiger partial charge < -0.3 is 0 Å². The third-order valence-electron chi connectivity index (χ3n) is 3.75. The van der Waals surface area contributed by atoms with Crippen molar-refractivity contribution in [3.05, 3.63) is 20.2 Å². The number of nitro groups is 2. The van der Waals surface area contributed by atoms with Crippen molar-refractivity contribution in [2.45, 2.75) is 76.3 Å². The normalized spacial score (nSPS) is 19.8. The molecule has 0 aliphatic heterocycles. The summed E-state index contributed by atoms with van der Waals surface area (Å²) >= 11 is 0. The Balaban J connectivity index is 0.000000321. The topological polar surface area (TPSA) is 134 Å². The molecule has 0 radical (unpaired) electrons. The van der Waals surface area contributed by atoms with Crippen LogP contribution in [0.1, 0.15) is 64.2 Å². The third-order valence-corrected chi connectivity index (χ3v) is 3.75. The Morgan fingerprint density at radius 1 is 0.650 bits per heavy atom. The molecule has 8 nitrogen and oxygen atoms in total. The van der Waals surface area contributed by atoms with E-state index in [0.717, 1.165) is 51.4 Å². The van der Waals surface area contributed by atoms with Crippen LogP contribution in [0.15, 0.2) is 0 Å². The SMILES string of the molecule is N=N.O=[N+]([O-])C1CCCCC1.O=[N+]([O-])C1CCCCC1. The fourth-order valence-corrected chi connectivity index (χ4v) is 2.58. The van der Waals surface area contributed by atoms with Crippen LogP contribution < -0.4 is 0 Å². The van der Waals surface area contributed by atoms with Crippen molar-refractivity contribution in [3.8, 4) is 0 Å². The average Bonchev–Trinajstić information content (AvgIpc) is 2.51. The summed E-state index contributed by atoms with van der Waals surface area (Å²) in [5, 5.41) is 20.3. The zero-order valence-corrected chi connectivity index (χ0v) is 11.8. The minimum absolute atomic E-state index is 0.140. The highest BCUT2D eigenvalue weighted by molar-refractivity contribution is 4.63. The lowest BCUT2D eigenvalue weighted by Crippen LogP contribution is -2.21.